The highest BCUT2D eigenvalue weighted by atomic mass is 32.1. The Balaban J connectivity index is 1.52. The fraction of sp³-hybridized carbons (Fsp3) is 0.206. The minimum atomic E-state index is -0.730. The summed E-state index contributed by atoms with van der Waals surface area (Å²) < 4.78 is 15.9. The highest BCUT2D eigenvalue weighted by Gasteiger charge is 2.42. The lowest BCUT2D eigenvalue weighted by Crippen LogP contribution is -2.38. The van der Waals surface area contributed by atoms with Gasteiger partial charge in [0.05, 0.1) is 49.2 Å². The van der Waals surface area contributed by atoms with Crippen molar-refractivity contribution in [1.29, 1.82) is 0 Å². The summed E-state index contributed by atoms with van der Waals surface area (Å²) in [6.45, 7) is 0. The summed E-state index contributed by atoms with van der Waals surface area (Å²) in [4.78, 5) is 43.0. The summed E-state index contributed by atoms with van der Waals surface area (Å²) in [5, 5.41) is 5.41. The summed E-state index contributed by atoms with van der Waals surface area (Å²) in [7, 11) is 4.51. The monoisotopic (exact) mass is 594 g/mol. The third-order valence-electron chi connectivity index (χ3n) is 7.97. The molecule has 9 heteroatoms. The SMILES string of the molecule is COC(=O)c1ccc([C@@H]2C3=C(C[C@@H](c4ccc(OC)c(OC)c4)CC3=O)Nc3ccccc3N2C(=O)c2cccs2)cc1. The molecule has 1 aliphatic heterocycles. The number of anilines is 2. The van der Waals surface area contributed by atoms with Crippen LogP contribution in [0.4, 0.5) is 11.4 Å². The number of thiophene rings is 1. The van der Waals surface area contributed by atoms with Crippen LogP contribution in [0.2, 0.25) is 0 Å². The number of Topliss-reactive ketones (excluding diaryl/α,β-unsaturated/α-hetero) is 1. The molecule has 1 amide bonds. The number of para-hydroxylation sites is 2. The van der Waals surface area contributed by atoms with E-state index in [2.05, 4.69) is 5.32 Å². The lowest BCUT2D eigenvalue weighted by molar-refractivity contribution is -0.116. The van der Waals surface area contributed by atoms with Crippen LogP contribution in [0.1, 0.15) is 56.0 Å². The van der Waals surface area contributed by atoms with Crippen LogP contribution in [0.25, 0.3) is 0 Å². The molecule has 0 saturated carbocycles. The summed E-state index contributed by atoms with van der Waals surface area (Å²) >= 11 is 1.35. The lowest BCUT2D eigenvalue weighted by Gasteiger charge is -2.35. The molecule has 0 fully saturated rings. The van der Waals surface area contributed by atoms with Crippen molar-refractivity contribution >= 4 is 40.4 Å². The first-order chi connectivity index (χ1) is 20.9. The lowest BCUT2D eigenvalue weighted by atomic mass is 9.78. The number of hydrogen-bond donors (Lipinski definition) is 1. The molecule has 0 saturated heterocycles. The van der Waals surface area contributed by atoms with Gasteiger partial charge in [-0.25, -0.2) is 4.79 Å². The fourth-order valence-corrected chi connectivity index (χ4v) is 6.57. The molecule has 2 heterocycles. The van der Waals surface area contributed by atoms with Crippen LogP contribution in [0.3, 0.4) is 0 Å². The van der Waals surface area contributed by atoms with Crippen LogP contribution in [-0.4, -0.2) is 39.0 Å². The third kappa shape index (κ3) is 5.17. The van der Waals surface area contributed by atoms with Gasteiger partial charge in [-0.15, -0.1) is 11.3 Å². The van der Waals surface area contributed by atoms with Crippen LogP contribution >= 0.6 is 11.3 Å². The Morgan fingerprint density at radius 3 is 2.30 bits per heavy atom. The second kappa shape index (κ2) is 11.8. The van der Waals surface area contributed by atoms with Gasteiger partial charge in [0.25, 0.3) is 5.91 Å². The van der Waals surface area contributed by atoms with Gasteiger partial charge in [-0.1, -0.05) is 36.4 Å². The number of benzene rings is 3. The first-order valence-corrected chi connectivity index (χ1v) is 14.7. The number of methoxy groups -OCH3 is 3. The zero-order valence-electron chi connectivity index (χ0n) is 24.0. The zero-order valence-corrected chi connectivity index (χ0v) is 24.8. The molecular formula is C34H30N2O6S. The Morgan fingerprint density at radius 1 is 0.860 bits per heavy atom. The second-order valence-electron chi connectivity index (χ2n) is 10.3. The predicted molar refractivity (Wildman–Crippen MR) is 165 cm³/mol. The second-order valence-corrected chi connectivity index (χ2v) is 11.3. The Bertz CT molecular complexity index is 1730. The summed E-state index contributed by atoms with van der Waals surface area (Å²) in [5.41, 5.74) is 4.73. The topological polar surface area (TPSA) is 94.2 Å². The molecule has 1 aromatic heterocycles. The van der Waals surface area contributed by atoms with Crippen LogP contribution < -0.4 is 19.7 Å². The summed E-state index contributed by atoms with van der Waals surface area (Å²) in [6, 6.07) is 23.1. The van der Waals surface area contributed by atoms with Crippen molar-refractivity contribution < 1.29 is 28.6 Å². The van der Waals surface area contributed by atoms with Crippen molar-refractivity contribution in [2.24, 2.45) is 0 Å². The Morgan fingerprint density at radius 2 is 1.60 bits per heavy atom. The molecule has 3 aromatic carbocycles. The van der Waals surface area contributed by atoms with Gasteiger partial charge in [-0.3, -0.25) is 14.5 Å². The van der Waals surface area contributed by atoms with E-state index in [0.29, 0.717) is 45.2 Å². The molecule has 1 aliphatic carbocycles. The largest absolute Gasteiger partial charge is 0.493 e. The molecular weight excluding hydrogens is 564 g/mol. The van der Waals surface area contributed by atoms with Crippen molar-refractivity contribution in [2.45, 2.75) is 24.8 Å². The van der Waals surface area contributed by atoms with Crippen LogP contribution in [0.5, 0.6) is 11.5 Å². The highest BCUT2D eigenvalue weighted by Crippen LogP contribution is 2.48. The smallest absolute Gasteiger partial charge is 0.337 e. The number of fused-ring (bicyclic) bond motifs is 1. The van der Waals surface area contributed by atoms with Gasteiger partial charge in [-0.05, 0) is 71.3 Å². The van der Waals surface area contributed by atoms with E-state index in [9.17, 15) is 14.4 Å². The molecule has 0 radical (unpaired) electrons. The quantitative estimate of drug-likeness (QED) is 0.246. The average Bonchev–Trinajstić information content (AvgIpc) is 3.54. The van der Waals surface area contributed by atoms with Crippen molar-refractivity contribution in [1.82, 2.24) is 0 Å². The molecule has 1 N–H and O–H groups in total. The van der Waals surface area contributed by atoms with Gasteiger partial charge >= 0.3 is 5.97 Å². The molecule has 0 spiro atoms. The minimum absolute atomic E-state index is 0.0626. The Hall–Kier alpha value is -4.89. The number of carbonyl (C=O) groups is 3. The number of allylic oxidation sites excluding steroid dienone is 1. The molecule has 0 bridgehead atoms. The van der Waals surface area contributed by atoms with Crippen molar-refractivity contribution in [3.8, 4) is 11.5 Å². The first-order valence-electron chi connectivity index (χ1n) is 13.8. The molecule has 2 aliphatic rings. The van der Waals surface area contributed by atoms with Crippen LogP contribution in [0.15, 0.2) is 95.5 Å². The van der Waals surface area contributed by atoms with E-state index in [1.807, 2.05) is 53.9 Å². The van der Waals surface area contributed by atoms with E-state index < -0.39 is 12.0 Å². The number of ketones is 1. The standard InChI is InChI=1S/C34H30N2O6S/c1-40-28-15-14-22(19-29(28)41-2)23-17-25-31(27(37)18-23)32(20-10-12-21(13-11-20)34(39)42-3)36(33(38)30-9-6-16-43-30)26-8-5-4-7-24(26)35-25/h4-16,19,23,32,35H,17-18H2,1-3H3/t23-,32-/m1/s1. The maximum absolute atomic E-state index is 14.3. The van der Waals surface area contributed by atoms with Gasteiger partial charge < -0.3 is 19.5 Å². The van der Waals surface area contributed by atoms with E-state index in [0.717, 1.165) is 16.9 Å². The van der Waals surface area contributed by atoms with Crippen molar-refractivity contribution in [3.63, 3.8) is 0 Å². The first kappa shape index (κ1) is 28.2. The fourth-order valence-electron chi connectivity index (χ4n) is 5.91. The molecule has 6 rings (SSSR count). The number of carbonyl (C=O) groups excluding carboxylic acids is 3. The van der Waals surface area contributed by atoms with E-state index >= 15 is 0 Å². The van der Waals surface area contributed by atoms with Gasteiger partial charge in [0.15, 0.2) is 17.3 Å². The average molecular weight is 595 g/mol. The number of ether oxygens (including phenoxy) is 3. The molecule has 8 nitrogen and oxygen atoms in total. The minimum Gasteiger partial charge on any atom is -0.493 e. The number of esters is 1. The number of hydrogen-bond acceptors (Lipinski definition) is 8. The van der Waals surface area contributed by atoms with Gasteiger partial charge in [0.1, 0.15) is 0 Å². The van der Waals surface area contributed by atoms with Gasteiger partial charge in [-0.2, -0.15) is 0 Å². The summed E-state index contributed by atoms with van der Waals surface area (Å²) in [6.07, 6.45) is 0.798. The number of amides is 1. The number of nitrogens with one attached hydrogen (secondary N) is 1. The third-order valence-corrected chi connectivity index (χ3v) is 8.82. The van der Waals surface area contributed by atoms with E-state index in [4.69, 9.17) is 14.2 Å². The summed E-state index contributed by atoms with van der Waals surface area (Å²) in [5.74, 6) is 0.364. The Kier molecular flexibility index (Phi) is 7.73. The van der Waals surface area contributed by atoms with E-state index in [1.165, 1.54) is 18.4 Å². The maximum atomic E-state index is 14.3. The van der Waals surface area contributed by atoms with Gasteiger partial charge in [0, 0.05) is 17.7 Å². The highest BCUT2D eigenvalue weighted by molar-refractivity contribution is 7.12. The number of rotatable bonds is 6. The van der Waals surface area contributed by atoms with Crippen molar-refractivity contribution in [2.75, 3.05) is 31.5 Å². The van der Waals surface area contributed by atoms with Crippen LogP contribution in [-0.2, 0) is 9.53 Å². The predicted octanol–water partition coefficient (Wildman–Crippen LogP) is 6.77. The zero-order chi connectivity index (χ0) is 30.1. The van der Waals surface area contributed by atoms with E-state index in [-0.39, 0.29) is 24.0 Å². The Labute approximate surface area is 253 Å². The molecule has 4 aromatic rings. The van der Waals surface area contributed by atoms with E-state index in [1.54, 1.807) is 49.5 Å². The maximum Gasteiger partial charge on any atom is 0.337 e. The van der Waals surface area contributed by atoms with Gasteiger partial charge in [0.2, 0.25) is 0 Å². The van der Waals surface area contributed by atoms with Crippen LogP contribution in [0, 0.1) is 0 Å². The molecule has 0 unspecified atom stereocenters. The molecule has 2 atom stereocenters. The normalized spacial score (nSPS) is 17.7. The molecule has 218 valence electrons. The van der Waals surface area contributed by atoms with Crippen molar-refractivity contribution in [3.05, 3.63) is 117 Å². The molecule has 43 heavy (non-hydrogen) atoms. The number of nitrogens with zero attached hydrogens (tertiary/aromatic N) is 1.